The number of rotatable bonds is 2. The number of hydrogen-bond donors (Lipinski definition) is 2. The molecule has 1 heterocycles. The van der Waals surface area contributed by atoms with Gasteiger partial charge in [-0.25, -0.2) is 15.0 Å². The number of hydrogen-bond acceptors (Lipinski definition) is 4. The number of benzene rings is 1. The zero-order chi connectivity index (χ0) is 12.7. The van der Waals surface area contributed by atoms with E-state index in [9.17, 15) is 0 Å². The van der Waals surface area contributed by atoms with E-state index in [1.54, 1.807) is 0 Å². The monoisotopic (exact) mass is 229 g/mol. The van der Waals surface area contributed by atoms with E-state index in [1.165, 1.54) is 6.21 Å². The Balaban J connectivity index is 0.000000686. The minimum atomic E-state index is 0.273. The molecule has 0 amide bonds. The molecule has 0 aliphatic carbocycles. The van der Waals surface area contributed by atoms with Crippen LogP contribution in [-0.4, -0.2) is 22.5 Å². The van der Waals surface area contributed by atoms with Gasteiger partial charge in [0.05, 0.1) is 17.5 Å². The standard InChI is InChI=1S/C10H9N5.C2H6/c11-5-9-7-3-1-2-4-8(7)14-10(15-9)13-6-12;1-2/h1-6,11H,(H2,12,13,14,15);1-2H3. The van der Waals surface area contributed by atoms with Crippen LogP contribution in [0.1, 0.15) is 19.5 Å². The van der Waals surface area contributed by atoms with Crippen LogP contribution in [0.3, 0.4) is 0 Å². The minimum Gasteiger partial charge on any atom is -0.390 e. The second kappa shape index (κ2) is 6.32. The van der Waals surface area contributed by atoms with Crippen molar-refractivity contribution in [3.8, 4) is 0 Å². The summed E-state index contributed by atoms with van der Waals surface area (Å²) in [4.78, 5) is 12.1. The molecule has 1 aromatic heterocycles. The maximum atomic E-state index is 7.26. The molecule has 0 aliphatic rings. The smallest absolute Gasteiger partial charge is 0.251 e. The molecule has 0 fully saturated rings. The summed E-state index contributed by atoms with van der Waals surface area (Å²) in [7, 11) is 0. The lowest BCUT2D eigenvalue weighted by molar-refractivity contribution is 1.17. The molecule has 0 aliphatic heterocycles. The molecule has 0 unspecified atom stereocenters. The van der Waals surface area contributed by atoms with Gasteiger partial charge in [0.25, 0.3) is 5.95 Å². The largest absolute Gasteiger partial charge is 0.390 e. The zero-order valence-corrected chi connectivity index (χ0v) is 9.88. The van der Waals surface area contributed by atoms with Crippen LogP contribution in [0.4, 0.5) is 5.95 Å². The van der Waals surface area contributed by atoms with Gasteiger partial charge in [0.2, 0.25) is 0 Å². The highest BCUT2D eigenvalue weighted by Gasteiger charge is 2.03. The van der Waals surface area contributed by atoms with Gasteiger partial charge in [-0.3, -0.25) is 0 Å². The van der Waals surface area contributed by atoms with Crippen molar-refractivity contribution >= 4 is 29.4 Å². The van der Waals surface area contributed by atoms with Crippen LogP contribution < -0.4 is 5.73 Å². The molecule has 88 valence electrons. The summed E-state index contributed by atoms with van der Waals surface area (Å²) in [5, 5.41) is 8.09. The number of nitrogens with zero attached hydrogens (tertiary/aromatic N) is 3. The van der Waals surface area contributed by atoms with Gasteiger partial charge in [-0.2, -0.15) is 0 Å². The van der Waals surface area contributed by atoms with Crippen molar-refractivity contribution in [2.24, 2.45) is 10.7 Å². The lowest BCUT2D eigenvalue weighted by Gasteiger charge is -2.00. The third kappa shape index (κ3) is 2.84. The molecule has 5 nitrogen and oxygen atoms in total. The second-order valence-electron chi connectivity index (χ2n) is 2.85. The fourth-order valence-corrected chi connectivity index (χ4v) is 1.32. The zero-order valence-electron chi connectivity index (χ0n) is 9.88. The molecule has 0 radical (unpaired) electrons. The van der Waals surface area contributed by atoms with Crippen molar-refractivity contribution in [2.45, 2.75) is 13.8 Å². The van der Waals surface area contributed by atoms with Crippen molar-refractivity contribution in [1.82, 2.24) is 9.97 Å². The lowest BCUT2D eigenvalue weighted by Crippen LogP contribution is -1.95. The summed E-state index contributed by atoms with van der Waals surface area (Å²) < 4.78 is 0. The molecular weight excluding hydrogens is 214 g/mol. The lowest BCUT2D eigenvalue weighted by atomic mass is 10.2. The summed E-state index contributed by atoms with van der Waals surface area (Å²) >= 11 is 0. The number of aromatic nitrogens is 2. The Bertz CT molecular complexity index is 533. The predicted octanol–water partition coefficient (Wildman–Crippen LogP) is 2.27. The Morgan fingerprint density at radius 2 is 1.94 bits per heavy atom. The molecule has 3 N–H and O–H groups in total. The van der Waals surface area contributed by atoms with Gasteiger partial charge in [0.1, 0.15) is 0 Å². The van der Waals surface area contributed by atoms with Crippen LogP contribution in [0.2, 0.25) is 0 Å². The minimum absolute atomic E-state index is 0.273. The Morgan fingerprint density at radius 3 is 2.59 bits per heavy atom. The summed E-state index contributed by atoms with van der Waals surface area (Å²) in [6, 6.07) is 7.47. The first kappa shape index (κ1) is 12.8. The van der Waals surface area contributed by atoms with Crippen molar-refractivity contribution < 1.29 is 0 Å². The number of nitrogens with two attached hydrogens (primary N) is 1. The van der Waals surface area contributed by atoms with Crippen molar-refractivity contribution in [1.29, 1.82) is 5.41 Å². The van der Waals surface area contributed by atoms with E-state index >= 15 is 0 Å². The topological polar surface area (TPSA) is 88.0 Å². The maximum absolute atomic E-state index is 7.26. The van der Waals surface area contributed by atoms with Crippen LogP contribution in [-0.2, 0) is 0 Å². The van der Waals surface area contributed by atoms with E-state index in [0.717, 1.165) is 17.2 Å². The molecule has 1 aromatic carbocycles. The molecule has 0 bridgehead atoms. The van der Waals surface area contributed by atoms with Gasteiger partial charge in [0, 0.05) is 11.6 Å². The normalized spacial score (nSPS) is 10.0. The molecule has 2 aromatic rings. The van der Waals surface area contributed by atoms with Crippen molar-refractivity contribution in [3.05, 3.63) is 30.0 Å². The first-order valence-corrected chi connectivity index (χ1v) is 5.36. The molecule has 5 heteroatoms. The highest BCUT2D eigenvalue weighted by molar-refractivity contribution is 5.95. The Morgan fingerprint density at radius 1 is 1.24 bits per heavy atom. The van der Waals surface area contributed by atoms with Gasteiger partial charge in [0.15, 0.2) is 0 Å². The van der Waals surface area contributed by atoms with E-state index < -0.39 is 0 Å². The molecule has 2 rings (SSSR count). The van der Waals surface area contributed by atoms with Crippen LogP contribution in [0, 0.1) is 5.41 Å². The highest BCUT2D eigenvalue weighted by atomic mass is 15.1. The first-order valence-electron chi connectivity index (χ1n) is 5.36. The molecule has 0 spiro atoms. The van der Waals surface area contributed by atoms with E-state index in [4.69, 9.17) is 11.1 Å². The summed E-state index contributed by atoms with van der Waals surface area (Å²) in [6.07, 6.45) is 2.32. The van der Waals surface area contributed by atoms with Gasteiger partial charge in [-0.1, -0.05) is 32.0 Å². The van der Waals surface area contributed by atoms with Gasteiger partial charge in [-0.05, 0) is 6.07 Å². The molecule has 0 saturated heterocycles. The van der Waals surface area contributed by atoms with Crippen LogP contribution >= 0.6 is 0 Å². The van der Waals surface area contributed by atoms with Gasteiger partial charge >= 0.3 is 0 Å². The number of aliphatic imine (C=N–C) groups is 1. The average molecular weight is 229 g/mol. The van der Waals surface area contributed by atoms with E-state index in [2.05, 4.69) is 15.0 Å². The molecular formula is C12H15N5. The Kier molecular flexibility index (Phi) is 4.75. The molecule has 0 atom stereocenters. The van der Waals surface area contributed by atoms with E-state index in [0.29, 0.717) is 5.69 Å². The van der Waals surface area contributed by atoms with Gasteiger partial charge in [-0.15, -0.1) is 0 Å². The van der Waals surface area contributed by atoms with Crippen LogP contribution in [0.25, 0.3) is 10.9 Å². The summed E-state index contributed by atoms with van der Waals surface area (Å²) in [6.45, 7) is 4.00. The predicted molar refractivity (Wildman–Crippen MR) is 71.1 cm³/mol. The third-order valence-electron chi connectivity index (χ3n) is 1.95. The number of para-hydroxylation sites is 1. The highest BCUT2D eigenvalue weighted by Crippen LogP contribution is 2.16. The van der Waals surface area contributed by atoms with Crippen LogP contribution in [0.15, 0.2) is 29.3 Å². The third-order valence-corrected chi connectivity index (χ3v) is 1.95. The molecule has 17 heavy (non-hydrogen) atoms. The Labute approximate surface area is 99.9 Å². The summed E-state index contributed by atoms with van der Waals surface area (Å²) in [5.41, 5.74) is 6.47. The van der Waals surface area contributed by atoms with Crippen molar-refractivity contribution in [2.75, 3.05) is 0 Å². The maximum Gasteiger partial charge on any atom is 0.251 e. The quantitative estimate of drug-likeness (QED) is 0.611. The molecule has 0 saturated carbocycles. The van der Waals surface area contributed by atoms with Crippen molar-refractivity contribution in [3.63, 3.8) is 0 Å². The van der Waals surface area contributed by atoms with Crippen LogP contribution in [0.5, 0.6) is 0 Å². The fraction of sp³-hybridized carbons (Fsp3) is 0.167. The SMILES string of the molecule is CC.N=Cc1nc(N=CN)nc2ccccc12. The number of fused-ring (bicyclic) bond motifs is 1. The van der Waals surface area contributed by atoms with E-state index in [1.807, 2.05) is 38.1 Å². The summed E-state index contributed by atoms with van der Waals surface area (Å²) in [5.74, 6) is 0.273. The van der Waals surface area contributed by atoms with E-state index in [-0.39, 0.29) is 5.95 Å². The Hall–Kier alpha value is -2.30. The fourth-order valence-electron chi connectivity index (χ4n) is 1.32. The second-order valence-corrected chi connectivity index (χ2v) is 2.85. The van der Waals surface area contributed by atoms with Gasteiger partial charge < -0.3 is 11.1 Å². The number of nitrogens with one attached hydrogen (secondary N) is 1. The first-order chi connectivity index (χ1) is 8.35. The average Bonchev–Trinajstić information content (AvgIpc) is 2.40.